The van der Waals surface area contributed by atoms with Crippen molar-refractivity contribution in [2.24, 2.45) is 0 Å². The molecule has 0 saturated heterocycles. The molecule has 0 aliphatic carbocycles. The molecule has 1 aromatic heterocycles. The van der Waals surface area contributed by atoms with Crippen molar-refractivity contribution in [2.75, 3.05) is 6.54 Å². The summed E-state index contributed by atoms with van der Waals surface area (Å²) in [6, 6.07) is 0. The number of nitrogens with zero attached hydrogens (tertiary/aromatic N) is 1. The van der Waals surface area contributed by atoms with Gasteiger partial charge in [-0.3, -0.25) is 0 Å². The van der Waals surface area contributed by atoms with Crippen LogP contribution in [0.5, 0.6) is 0 Å². The molecule has 0 aliphatic rings. The fraction of sp³-hybridized carbons (Fsp3) is 0.750. The third-order valence-electron chi connectivity index (χ3n) is 2.50. The Balaban J connectivity index is 2.29. The van der Waals surface area contributed by atoms with E-state index in [9.17, 15) is 5.11 Å². The van der Waals surface area contributed by atoms with Crippen LogP contribution in [0.15, 0.2) is 6.20 Å². The smallest absolute Gasteiger partial charge is 0.0925 e. The van der Waals surface area contributed by atoms with Crippen LogP contribution in [-0.4, -0.2) is 22.2 Å². The molecule has 0 amide bonds. The molecule has 1 unspecified atom stereocenters. The highest BCUT2D eigenvalue weighted by molar-refractivity contribution is 7.11. The quantitative estimate of drug-likeness (QED) is 0.771. The lowest BCUT2D eigenvalue weighted by Crippen LogP contribution is -2.37. The van der Waals surface area contributed by atoms with E-state index in [0.29, 0.717) is 6.54 Å². The molecule has 0 fully saturated rings. The van der Waals surface area contributed by atoms with Gasteiger partial charge >= 0.3 is 0 Å². The molecule has 0 bridgehead atoms. The zero-order valence-corrected chi connectivity index (χ0v) is 11.2. The van der Waals surface area contributed by atoms with E-state index in [1.165, 1.54) is 9.88 Å². The van der Waals surface area contributed by atoms with Crippen LogP contribution in [0.25, 0.3) is 0 Å². The van der Waals surface area contributed by atoms with Gasteiger partial charge < -0.3 is 10.4 Å². The van der Waals surface area contributed by atoms with Gasteiger partial charge in [-0.15, -0.1) is 11.3 Å². The highest BCUT2D eigenvalue weighted by Crippen LogP contribution is 2.14. The summed E-state index contributed by atoms with van der Waals surface area (Å²) in [5.41, 5.74) is -0.590. The maximum Gasteiger partial charge on any atom is 0.0925 e. The second-order valence-electron chi connectivity index (χ2n) is 4.42. The average molecular weight is 242 g/mol. The van der Waals surface area contributed by atoms with E-state index >= 15 is 0 Å². The molecule has 1 aromatic rings. The Morgan fingerprint density at radius 3 is 2.81 bits per heavy atom. The van der Waals surface area contributed by atoms with Gasteiger partial charge in [0.1, 0.15) is 0 Å². The molecule has 0 saturated carbocycles. The Morgan fingerprint density at radius 1 is 1.50 bits per heavy atom. The molecule has 0 aromatic carbocycles. The largest absolute Gasteiger partial charge is 0.389 e. The SMILES string of the molecule is CCCC(C)(O)CNCc1cnc(CC)s1. The number of hydrogen-bond donors (Lipinski definition) is 2. The van der Waals surface area contributed by atoms with Crippen molar-refractivity contribution in [1.82, 2.24) is 10.3 Å². The Bertz CT molecular complexity index is 310. The van der Waals surface area contributed by atoms with E-state index < -0.39 is 5.60 Å². The molecule has 0 spiro atoms. The fourth-order valence-electron chi connectivity index (χ4n) is 1.68. The molecule has 92 valence electrons. The molecule has 2 N–H and O–H groups in total. The van der Waals surface area contributed by atoms with Crippen LogP contribution >= 0.6 is 11.3 Å². The van der Waals surface area contributed by atoms with Gasteiger partial charge in [0.05, 0.1) is 10.6 Å². The third-order valence-corrected chi connectivity index (χ3v) is 3.64. The lowest BCUT2D eigenvalue weighted by atomic mass is 10.0. The van der Waals surface area contributed by atoms with Gasteiger partial charge in [0.25, 0.3) is 0 Å². The maximum absolute atomic E-state index is 9.97. The minimum atomic E-state index is -0.590. The van der Waals surface area contributed by atoms with Crippen LogP contribution in [0.2, 0.25) is 0 Å². The first kappa shape index (κ1) is 13.6. The van der Waals surface area contributed by atoms with Crippen LogP contribution in [0.1, 0.15) is 43.5 Å². The van der Waals surface area contributed by atoms with Crippen molar-refractivity contribution >= 4 is 11.3 Å². The zero-order valence-electron chi connectivity index (χ0n) is 10.4. The third kappa shape index (κ3) is 4.60. The number of nitrogens with one attached hydrogen (secondary N) is 1. The van der Waals surface area contributed by atoms with Gasteiger partial charge in [-0.05, 0) is 19.8 Å². The Morgan fingerprint density at radius 2 is 2.25 bits per heavy atom. The van der Waals surface area contributed by atoms with Gasteiger partial charge in [0, 0.05) is 24.2 Å². The summed E-state index contributed by atoms with van der Waals surface area (Å²) in [7, 11) is 0. The van der Waals surface area contributed by atoms with Gasteiger partial charge in [-0.1, -0.05) is 20.3 Å². The predicted molar refractivity (Wildman–Crippen MR) is 68.7 cm³/mol. The first-order valence-electron chi connectivity index (χ1n) is 5.94. The molecule has 1 atom stereocenters. The van der Waals surface area contributed by atoms with Crippen LogP contribution in [0.4, 0.5) is 0 Å². The molecule has 0 aliphatic heterocycles. The Hall–Kier alpha value is -0.450. The molecule has 1 heterocycles. The number of aryl methyl sites for hydroxylation is 1. The van der Waals surface area contributed by atoms with E-state index in [0.717, 1.165) is 25.8 Å². The van der Waals surface area contributed by atoms with Crippen molar-refractivity contribution in [3.8, 4) is 0 Å². The topological polar surface area (TPSA) is 45.1 Å². The standard InChI is InChI=1S/C12H22N2OS/c1-4-6-12(3,15)9-13-7-10-8-14-11(5-2)16-10/h8,13,15H,4-7,9H2,1-3H3. The van der Waals surface area contributed by atoms with Crippen molar-refractivity contribution in [2.45, 2.75) is 52.2 Å². The van der Waals surface area contributed by atoms with Crippen molar-refractivity contribution in [1.29, 1.82) is 0 Å². The van der Waals surface area contributed by atoms with Gasteiger partial charge in [0.15, 0.2) is 0 Å². The van der Waals surface area contributed by atoms with Gasteiger partial charge in [0.2, 0.25) is 0 Å². The monoisotopic (exact) mass is 242 g/mol. The maximum atomic E-state index is 9.97. The van der Waals surface area contributed by atoms with E-state index in [4.69, 9.17) is 0 Å². The summed E-state index contributed by atoms with van der Waals surface area (Å²) in [6.45, 7) is 7.53. The summed E-state index contributed by atoms with van der Waals surface area (Å²) >= 11 is 1.74. The van der Waals surface area contributed by atoms with E-state index in [-0.39, 0.29) is 0 Å². The highest BCUT2D eigenvalue weighted by atomic mass is 32.1. The van der Waals surface area contributed by atoms with E-state index in [1.807, 2.05) is 13.1 Å². The van der Waals surface area contributed by atoms with Gasteiger partial charge in [-0.25, -0.2) is 4.98 Å². The number of aromatic nitrogens is 1. The zero-order chi connectivity index (χ0) is 12.0. The normalized spacial score (nSPS) is 15.0. The second-order valence-corrected chi connectivity index (χ2v) is 5.62. The van der Waals surface area contributed by atoms with Crippen LogP contribution in [-0.2, 0) is 13.0 Å². The molecule has 3 nitrogen and oxygen atoms in total. The minimum Gasteiger partial charge on any atom is -0.389 e. The van der Waals surface area contributed by atoms with Crippen LogP contribution < -0.4 is 5.32 Å². The fourth-order valence-corrected chi connectivity index (χ4v) is 2.51. The first-order valence-corrected chi connectivity index (χ1v) is 6.75. The lowest BCUT2D eigenvalue weighted by molar-refractivity contribution is 0.0498. The molecule has 0 radical (unpaired) electrons. The van der Waals surface area contributed by atoms with E-state index in [1.54, 1.807) is 11.3 Å². The van der Waals surface area contributed by atoms with Crippen molar-refractivity contribution in [3.63, 3.8) is 0 Å². The molecular weight excluding hydrogens is 220 g/mol. The molecule has 16 heavy (non-hydrogen) atoms. The summed E-state index contributed by atoms with van der Waals surface area (Å²) < 4.78 is 0. The number of hydrogen-bond acceptors (Lipinski definition) is 4. The first-order chi connectivity index (χ1) is 7.57. The van der Waals surface area contributed by atoms with Crippen molar-refractivity contribution in [3.05, 3.63) is 16.1 Å². The number of thiazole rings is 1. The van der Waals surface area contributed by atoms with Crippen molar-refractivity contribution < 1.29 is 5.11 Å². The van der Waals surface area contributed by atoms with E-state index in [2.05, 4.69) is 24.1 Å². The number of rotatable bonds is 7. The Labute approximate surface area is 102 Å². The summed E-state index contributed by atoms with van der Waals surface area (Å²) in [5, 5.41) is 14.4. The molecule has 1 rings (SSSR count). The highest BCUT2D eigenvalue weighted by Gasteiger charge is 2.18. The summed E-state index contributed by atoms with van der Waals surface area (Å²) in [6.07, 6.45) is 4.77. The summed E-state index contributed by atoms with van der Waals surface area (Å²) in [5.74, 6) is 0. The van der Waals surface area contributed by atoms with Crippen LogP contribution in [0, 0.1) is 0 Å². The van der Waals surface area contributed by atoms with Gasteiger partial charge in [-0.2, -0.15) is 0 Å². The minimum absolute atomic E-state index is 0.590. The average Bonchev–Trinajstić information content (AvgIpc) is 2.65. The number of aliphatic hydroxyl groups is 1. The second kappa shape index (κ2) is 6.33. The Kier molecular flexibility index (Phi) is 5.38. The lowest BCUT2D eigenvalue weighted by Gasteiger charge is -2.22. The molecular formula is C12H22N2OS. The van der Waals surface area contributed by atoms with Crippen LogP contribution in [0.3, 0.4) is 0 Å². The summed E-state index contributed by atoms with van der Waals surface area (Å²) in [4.78, 5) is 5.54. The molecule has 4 heteroatoms. The predicted octanol–water partition coefficient (Wildman–Crippen LogP) is 2.35.